The van der Waals surface area contributed by atoms with Gasteiger partial charge in [0.1, 0.15) is 11.7 Å². The highest BCUT2D eigenvalue weighted by Crippen LogP contribution is 2.45. The van der Waals surface area contributed by atoms with Gasteiger partial charge in [0.25, 0.3) is 5.91 Å². The van der Waals surface area contributed by atoms with Crippen molar-refractivity contribution < 1.29 is 36.7 Å². The van der Waals surface area contributed by atoms with E-state index >= 15 is 4.39 Å². The van der Waals surface area contributed by atoms with Crippen LogP contribution in [0.4, 0.5) is 23.2 Å². The highest BCUT2D eigenvalue weighted by atomic mass is 32.1. The molecule has 6 rings (SSSR count). The molecule has 2 aliphatic heterocycles. The number of rotatable bonds is 10. The Kier molecular flexibility index (Phi) is 8.24. The first-order chi connectivity index (χ1) is 21.1. The number of anilines is 1. The molecular weight excluding hydrogens is 606 g/mol. The number of amides is 1. The van der Waals surface area contributed by atoms with Gasteiger partial charge in [-0.05, 0) is 36.3 Å². The van der Waals surface area contributed by atoms with E-state index in [-0.39, 0.29) is 58.8 Å². The maximum atomic E-state index is 15.6. The number of hydrogen-bond donors (Lipinski definition) is 3. The standard InChI is InChI=1S/C28H31F4N7O4S/c1-38-13-17(27(36-38)42-2)26(41)33-12-21-35-25(37-43-21)24-16(11-28(30,31)32)15-4-3-5-18(23(15)44-24)34-19-10-14-6-7-20(22(19)29)39(14)8-9-40/h3-5,13-14,19-20,22,34,40H,6-12H2,1-2H3,(H,33,41). The first-order valence-corrected chi connectivity index (χ1v) is 14.9. The topological polar surface area (TPSA) is 131 Å². The fourth-order valence-corrected chi connectivity index (χ4v) is 7.56. The number of methoxy groups -OCH3 is 1. The number of fused-ring (bicyclic) bond motifs is 3. The maximum absolute atomic E-state index is 15.6. The molecule has 236 valence electrons. The van der Waals surface area contributed by atoms with Gasteiger partial charge >= 0.3 is 6.18 Å². The lowest BCUT2D eigenvalue weighted by molar-refractivity contribution is -0.126. The van der Waals surface area contributed by atoms with Crippen molar-refractivity contribution in [2.75, 3.05) is 25.6 Å². The molecule has 0 saturated carbocycles. The molecule has 2 saturated heterocycles. The summed E-state index contributed by atoms with van der Waals surface area (Å²) in [5, 5.41) is 23.7. The summed E-state index contributed by atoms with van der Waals surface area (Å²) >= 11 is 1.07. The van der Waals surface area contributed by atoms with E-state index in [9.17, 15) is 23.1 Å². The van der Waals surface area contributed by atoms with Gasteiger partial charge in [0.2, 0.25) is 17.6 Å². The molecule has 4 atom stereocenters. The minimum atomic E-state index is -4.52. The predicted molar refractivity (Wildman–Crippen MR) is 153 cm³/mol. The first-order valence-electron chi connectivity index (χ1n) is 14.1. The number of carbonyl (C=O) groups excluding carboxylic acids is 1. The summed E-state index contributed by atoms with van der Waals surface area (Å²) in [4.78, 5) is 19.1. The molecule has 4 aromatic rings. The van der Waals surface area contributed by atoms with Crippen molar-refractivity contribution in [3.05, 3.63) is 41.4 Å². The predicted octanol–water partition coefficient (Wildman–Crippen LogP) is 4.08. The second-order valence-corrected chi connectivity index (χ2v) is 12.0. The van der Waals surface area contributed by atoms with E-state index in [0.717, 1.165) is 17.8 Å². The SMILES string of the molecule is COc1nn(C)cc1C(=O)NCc1nc(-c2sc3c(NC4CC5CCC(C4F)N5CCO)cccc3c2CC(F)(F)F)no1. The Hall–Kier alpha value is -3.76. The van der Waals surface area contributed by atoms with Crippen LogP contribution in [0.2, 0.25) is 0 Å². The van der Waals surface area contributed by atoms with Crippen LogP contribution in [0.15, 0.2) is 28.9 Å². The molecule has 5 heterocycles. The molecule has 44 heavy (non-hydrogen) atoms. The number of aryl methyl sites for hydroxylation is 1. The third-order valence-corrected chi connectivity index (χ3v) is 9.44. The number of aliphatic hydroxyl groups is 1. The number of halogens is 4. The van der Waals surface area contributed by atoms with Crippen LogP contribution in [-0.2, 0) is 20.0 Å². The van der Waals surface area contributed by atoms with E-state index in [4.69, 9.17) is 9.26 Å². The van der Waals surface area contributed by atoms with Crippen LogP contribution in [0.3, 0.4) is 0 Å². The van der Waals surface area contributed by atoms with E-state index in [0.29, 0.717) is 35.2 Å². The van der Waals surface area contributed by atoms with Gasteiger partial charge in [-0.2, -0.15) is 18.2 Å². The van der Waals surface area contributed by atoms with Crippen LogP contribution in [0, 0.1) is 0 Å². The zero-order valence-corrected chi connectivity index (χ0v) is 24.7. The Morgan fingerprint density at radius 2 is 2.11 bits per heavy atom. The van der Waals surface area contributed by atoms with E-state index < -0.39 is 30.7 Å². The Morgan fingerprint density at radius 3 is 2.86 bits per heavy atom. The van der Waals surface area contributed by atoms with Crippen molar-refractivity contribution in [1.29, 1.82) is 0 Å². The second kappa shape index (κ2) is 12.0. The number of ether oxygens (including phenoxy) is 1. The number of hydrogen-bond acceptors (Lipinski definition) is 10. The van der Waals surface area contributed by atoms with Crippen molar-refractivity contribution in [2.45, 2.75) is 62.7 Å². The molecule has 11 nitrogen and oxygen atoms in total. The molecule has 1 aromatic carbocycles. The van der Waals surface area contributed by atoms with Gasteiger partial charge in [-0.1, -0.05) is 17.3 Å². The lowest BCUT2D eigenvalue weighted by Crippen LogP contribution is -2.55. The molecule has 0 aliphatic carbocycles. The van der Waals surface area contributed by atoms with Gasteiger partial charge in [0.05, 0.1) is 48.0 Å². The minimum Gasteiger partial charge on any atom is -0.479 e. The summed E-state index contributed by atoms with van der Waals surface area (Å²) in [6.45, 7) is 0.201. The monoisotopic (exact) mass is 637 g/mol. The second-order valence-electron chi connectivity index (χ2n) is 11.0. The highest BCUT2D eigenvalue weighted by molar-refractivity contribution is 7.23. The number of thiophene rings is 1. The fraction of sp³-hybridized carbons (Fsp3) is 0.500. The van der Waals surface area contributed by atoms with Crippen LogP contribution in [-0.4, -0.2) is 86.6 Å². The van der Waals surface area contributed by atoms with Crippen molar-refractivity contribution >= 4 is 33.0 Å². The van der Waals surface area contributed by atoms with E-state index in [1.807, 2.05) is 4.90 Å². The number of piperidine rings is 1. The molecule has 2 aliphatic rings. The van der Waals surface area contributed by atoms with Gasteiger partial charge in [0, 0.05) is 31.9 Å². The Bertz CT molecular complexity index is 1650. The Labute approximate surface area is 253 Å². The maximum Gasteiger partial charge on any atom is 0.393 e. The summed E-state index contributed by atoms with van der Waals surface area (Å²) in [7, 11) is 3.02. The third-order valence-electron chi connectivity index (χ3n) is 8.17. The number of benzene rings is 1. The molecule has 2 fully saturated rings. The summed E-state index contributed by atoms with van der Waals surface area (Å²) in [6.07, 6.45) is -3.40. The molecule has 0 spiro atoms. The zero-order valence-electron chi connectivity index (χ0n) is 23.9. The highest BCUT2D eigenvalue weighted by Gasteiger charge is 2.47. The first kappa shape index (κ1) is 30.3. The molecule has 3 aromatic heterocycles. The number of aromatic nitrogens is 4. The van der Waals surface area contributed by atoms with Crippen molar-refractivity contribution in [3.63, 3.8) is 0 Å². The summed E-state index contributed by atoms with van der Waals surface area (Å²) < 4.78 is 69.3. The molecule has 2 bridgehead atoms. The largest absolute Gasteiger partial charge is 0.479 e. The molecule has 16 heteroatoms. The van der Waals surface area contributed by atoms with Crippen molar-refractivity contribution in [3.8, 4) is 16.6 Å². The van der Waals surface area contributed by atoms with Gasteiger partial charge in [-0.15, -0.1) is 16.4 Å². The Balaban J connectivity index is 1.27. The van der Waals surface area contributed by atoms with Crippen LogP contribution >= 0.6 is 11.3 Å². The van der Waals surface area contributed by atoms with Gasteiger partial charge in [-0.25, -0.2) is 4.39 Å². The average Bonchev–Trinajstić information content (AvgIpc) is 3.75. The number of nitrogens with one attached hydrogen (secondary N) is 2. The molecule has 4 unspecified atom stereocenters. The smallest absolute Gasteiger partial charge is 0.393 e. The fourth-order valence-electron chi connectivity index (χ4n) is 6.34. The summed E-state index contributed by atoms with van der Waals surface area (Å²) in [6, 6.07) is 4.28. The number of aliphatic hydroxyl groups excluding tert-OH is 1. The van der Waals surface area contributed by atoms with E-state index in [2.05, 4.69) is 25.9 Å². The van der Waals surface area contributed by atoms with Crippen molar-refractivity contribution in [1.82, 2.24) is 30.1 Å². The number of alkyl halides is 4. The van der Waals surface area contributed by atoms with Crippen molar-refractivity contribution in [2.24, 2.45) is 7.05 Å². The van der Waals surface area contributed by atoms with Gasteiger partial charge < -0.3 is 25.0 Å². The van der Waals surface area contributed by atoms with Crippen LogP contribution in [0.1, 0.15) is 41.1 Å². The lowest BCUT2D eigenvalue weighted by atomic mass is 9.95. The lowest BCUT2D eigenvalue weighted by Gasteiger charge is -2.41. The van der Waals surface area contributed by atoms with E-state index in [1.165, 1.54) is 18.0 Å². The quantitative estimate of drug-likeness (QED) is 0.220. The van der Waals surface area contributed by atoms with Gasteiger partial charge in [0.15, 0.2) is 0 Å². The zero-order chi connectivity index (χ0) is 31.2. The average molecular weight is 638 g/mol. The van der Waals surface area contributed by atoms with E-state index in [1.54, 1.807) is 25.2 Å². The third kappa shape index (κ3) is 5.85. The van der Waals surface area contributed by atoms with Crippen LogP contribution in [0.5, 0.6) is 5.88 Å². The van der Waals surface area contributed by atoms with Crippen LogP contribution < -0.4 is 15.4 Å². The number of carbonyl (C=O) groups is 1. The molecule has 1 amide bonds. The van der Waals surface area contributed by atoms with Gasteiger partial charge in [-0.3, -0.25) is 14.4 Å². The Morgan fingerprint density at radius 1 is 1.30 bits per heavy atom. The molecule has 0 radical (unpaired) electrons. The molecular formula is C28H31F4N7O4S. The normalized spacial score (nSPS) is 22.1. The minimum absolute atomic E-state index is 0.00430. The number of nitrogens with zero attached hydrogens (tertiary/aromatic N) is 5. The van der Waals surface area contributed by atoms with Crippen LogP contribution in [0.25, 0.3) is 20.8 Å². The summed E-state index contributed by atoms with van der Waals surface area (Å²) in [5.41, 5.74) is 0.716. The summed E-state index contributed by atoms with van der Waals surface area (Å²) in [5.74, 6) is -0.425. The molecule has 3 N–H and O–H groups in total.